The van der Waals surface area contributed by atoms with Gasteiger partial charge in [-0.25, -0.2) is 0 Å². The molecule has 3 nitrogen and oxygen atoms in total. The van der Waals surface area contributed by atoms with E-state index in [0.717, 1.165) is 0 Å². The normalized spacial score (nSPS) is 17.3. The van der Waals surface area contributed by atoms with E-state index in [0.29, 0.717) is 0 Å². The summed E-state index contributed by atoms with van der Waals surface area (Å²) in [5.74, 6) is 0. The first-order chi connectivity index (χ1) is 5.16. The van der Waals surface area contributed by atoms with Gasteiger partial charge in [-0.3, -0.25) is 5.41 Å². The van der Waals surface area contributed by atoms with E-state index in [9.17, 15) is 0 Å². The molecule has 4 heteroatoms. The van der Waals surface area contributed by atoms with Crippen LogP contribution in [0.4, 0.5) is 0 Å². The van der Waals surface area contributed by atoms with Gasteiger partial charge in [-0.1, -0.05) is 11.8 Å². The zero-order valence-electron chi connectivity index (χ0n) is 7.26. The molecule has 1 aliphatic rings. The topological polar surface area (TPSA) is 53.1 Å². The third-order valence-electron chi connectivity index (χ3n) is 1.55. The zero-order valence-corrected chi connectivity index (χ0v) is 8.08. The SMILES string of the molecule is CN1CCCC1.CSC(=N)N. The smallest absolute Gasteiger partial charge is 0.150 e. The fraction of sp³-hybridized carbons (Fsp3) is 0.857. The molecule has 0 aromatic carbocycles. The Morgan fingerprint density at radius 3 is 1.91 bits per heavy atom. The van der Waals surface area contributed by atoms with E-state index in [2.05, 4.69) is 11.9 Å². The first-order valence-electron chi connectivity index (χ1n) is 3.73. The summed E-state index contributed by atoms with van der Waals surface area (Å²) in [5, 5.41) is 6.66. The van der Waals surface area contributed by atoms with Crippen LogP contribution in [0.25, 0.3) is 0 Å². The lowest BCUT2D eigenvalue weighted by Crippen LogP contribution is -2.10. The highest BCUT2D eigenvalue weighted by Crippen LogP contribution is 2.02. The lowest BCUT2D eigenvalue weighted by Gasteiger charge is -2.01. The molecule has 0 unspecified atom stereocenters. The molecule has 0 amide bonds. The van der Waals surface area contributed by atoms with Gasteiger partial charge in [0.15, 0.2) is 5.17 Å². The van der Waals surface area contributed by atoms with Gasteiger partial charge in [0, 0.05) is 0 Å². The fourth-order valence-corrected chi connectivity index (χ4v) is 0.875. The Balaban J connectivity index is 0.000000187. The first kappa shape index (κ1) is 10.8. The summed E-state index contributed by atoms with van der Waals surface area (Å²) in [5.41, 5.74) is 4.84. The van der Waals surface area contributed by atoms with Gasteiger partial charge in [-0.2, -0.15) is 0 Å². The van der Waals surface area contributed by atoms with Gasteiger partial charge in [0.2, 0.25) is 0 Å². The van der Waals surface area contributed by atoms with Gasteiger partial charge in [-0.05, 0) is 39.2 Å². The van der Waals surface area contributed by atoms with Crippen molar-refractivity contribution in [2.75, 3.05) is 26.4 Å². The average molecular weight is 175 g/mol. The summed E-state index contributed by atoms with van der Waals surface area (Å²) >= 11 is 1.24. The van der Waals surface area contributed by atoms with Crippen LogP contribution < -0.4 is 5.73 Å². The van der Waals surface area contributed by atoms with Crippen molar-refractivity contribution in [1.29, 1.82) is 5.41 Å². The van der Waals surface area contributed by atoms with Gasteiger partial charge in [0.25, 0.3) is 0 Å². The summed E-state index contributed by atoms with van der Waals surface area (Å²) < 4.78 is 0. The molecule has 66 valence electrons. The lowest BCUT2D eigenvalue weighted by atomic mass is 10.4. The van der Waals surface area contributed by atoms with Crippen LogP contribution in [0.1, 0.15) is 12.8 Å². The average Bonchev–Trinajstić information content (AvgIpc) is 2.41. The molecule has 0 spiro atoms. The molecule has 1 heterocycles. The van der Waals surface area contributed by atoms with E-state index >= 15 is 0 Å². The second-order valence-corrected chi connectivity index (χ2v) is 3.43. The van der Waals surface area contributed by atoms with Crippen LogP contribution >= 0.6 is 11.8 Å². The highest BCUT2D eigenvalue weighted by atomic mass is 32.2. The Hall–Kier alpha value is -0.220. The number of amidine groups is 1. The Bertz CT molecular complexity index is 110. The molecular formula is C7H17N3S. The van der Waals surface area contributed by atoms with E-state index in [1.54, 1.807) is 6.26 Å². The molecule has 0 aromatic heterocycles. The summed E-state index contributed by atoms with van der Waals surface area (Å²) in [7, 11) is 2.17. The maximum Gasteiger partial charge on any atom is 0.150 e. The lowest BCUT2D eigenvalue weighted by molar-refractivity contribution is 0.418. The van der Waals surface area contributed by atoms with Crippen LogP contribution in [-0.4, -0.2) is 36.5 Å². The quantitative estimate of drug-likeness (QED) is 0.426. The molecule has 1 fully saturated rings. The van der Waals surface area contributed by atoms with Gasteiger partial charge >= 0.3 is 0 Å². The predicted molar refractivity (Wildman–Crippen MR) is 52.2 cm³/mol. The summed E-state index contributed by atoms with van der Waals surface area (Å²) in [6.45, 7) is 2.64. The molecule has 0 bridgehead atoms. The molecule has 11 heavy (non-hydrogen) atoms. The maximum atomic E-state index is 6.48. The Morgan fingerprint density at radius 2 is 1.82 bits per heavy atom. The van der Waals surface area contributed by atoms with Crippen molar-refractivity contribution in [1.82, 2.24) is 4.90 Å². The number of thioether (sulfide) groups is 1. The van der Waals surface area contributed by atoms with E-state index in [4.69, 9.17) is 11.1 Å². The van der Waals surface area contributed by atoms with E-state index in [-0.39, 0.29) is 5.17 Å². The van der Waals surface area contributed by atoms with Crippen molar-refractivity contribution in [3.8, 4) is 0 Å². The second-order valence-electron chi connectivity index (χ2n) is 2.58. The van der Waals surface area contributed by atoms with Crippen LogP contribution in [0.2, 0.25) is 0 Å². The van der Waals surface area contributed by atoms with Crippen LogP contribution in [0, 0.1) is 5.41 Å². The third-order valence-corrected chi connectivity index (χ3v) is 1.99. The standard InChI is InChI=1S/C5H11N.C2H6N2S/c1-6-4-2-3-5-6;1-5-2(3)4/h2-5H2,1H3;1H3,(H3,3,4). The number of rotatable bonds is 0. The van der Waals surface area contributed by atoms with Crippen molar-refractivity contribution in [3.63, 3.8) is 0 Å². The summed E-state index contributed by atoms with van der Waals surface area (Å²) in [6, 6.07) is 0. The molecular weight excluding hydrogens is 158 g/mol. The van der Waals surface area contributed by atoms with Crippen molar-refractivity contribution in [3.05, 3.63) is 0 Å². The van der Waals surface area contributed by atoms with Crippen LogP contribution in [-0.2, 0) is 0 Å². The third kappa shape index (κ3) is 7.68. The molecule has 0 radical (unpaired) electrons. The number of nitrogens with zero attached hydrogens (tertiary/aromatic N) is 1. The van der Waals surface area contributed by atoms with Crippen molar-refractivity contribution < 1.29 is 0 Å². The second kappa shape index (κ2) is 6.49. The van der Waals surface area contributed by atoms with E-state index < -0.39 is 0 Å². The molecule has 1 saturated heterocycles. The van der Waals surface area contributed by atoms with Crippen LogP contribution in [0.3, 0.4) is 0 Å². The Kier molecular flexibility index (Phi) is 6.36. The van der Waals surface area contributed by atoms with Gasteiger partial charge < -0.3 is 10.6 Å². The number of nitrogens with one attached hydrogen (secondary N) is 1. The van der Waals surface area contributed by atoms with E-state index in [1.807, 2.05) is 0 Å². The molecule has 1 rings (SSSR count). The molecule has 0 aliphatic carbocycles. The molecule has 1 aliphatic heterocycles. The molecule has 0 atom stereocenters. The Morgan fingerprint density at radius 1 is 1.45 bits per heavy atom. The number of likely N-dealkylation sites (tertiary alicyclic amines) is 1. The summed E-state index contributed by atoms with van der Waals surface area (Å²) in [6.07, 6.45) is 4.59. The molecule has 0 aromatic rings. The maximum absolute atomic E-state index is 6.48. The number of hydrogen-bond acceptors (Lipinski definition) is 3. The van der Waals surface area contributed by atoms with Crippen molar-refractivity contribution >= 4 is 16.9 Å². The largest absolute Gasteiger partial charge is 0.379 e. The van der Waals surface area contributed by atoms with Crippen molar-refractivity contribution in [2.24, 2.45) is 5.73 Å². The van der Waals surface area contributed by atoms with Crippen LogP contribution in [0.5, 0.6) is 0 Å². The van der Waals surface area contributed by atoms with Crippen LogP contribution in [0.15, 0.2) is 0 Å². The van der Waals surface area contributed by atoms with Gasteiger partial charge in [-0.15, -0.1) is 0 Å². The summed E-state index contributed by atoms with van der Waals surface area (Å²) in [4.78, 5) is 2.36. The fourth-order valence-electron chi connectivity index (χ4n) is 0.875. The highest BCUT2D eigenvalue weighted by Gasteiger charge is 2.03. The monoisotopic (exact) mass is 175 g/mol. The zero-order chi connectivity index (χ0) is 8.69. The highest BCUT2D eigenvalue weighted by molar-refractivity contribution is 8.13. The minimum atomic E-state index is 0.171. The van der Waals surface area contributed by atoms with E-state index in [1.165, 1.54) is 37.7 Å². The van der Waals surface area contributed by atoms with Gasteiger partial charge in [0.05, 0.1) is 0 Å². The van der Waals surface area contributed by atoms with Crippen molar-refractivity contribution in [2.45, 2.75) is 12.8 Å². The Labute approximate surface area is 72.8 Å². The molecule has 3 N–H and O–H groups in total. The first-order valence-corrected chi connectivity index (χ1v) is 4.96. The van der Waals surface area contributed by atoms with Gasteiger partial charge in [0.1, 0.15) is 0 Å². The predicted octanol–water partition coefficient (Wildman–Crippen LogP) is 0.955. The molecule has 0 saturated carbocycles. The number of nitrogens with two attached hydrogens (primary N) is 1. The minimum absolute atomic E-state index is 0.171. The minimum Gasteiger partial charge on any atom is -0.379 e. The number of hydrogen-bond donors (Lipinski definition) is 2.